The minimum absolute atomic E-state index is 0.686. The van der Waals surface area contributed by atoms with Gasteiger partial charge in [-0.1, -0.05) is 17.7 Å². The summed E-state index contributed by atoms with van der Waals surface area (Å²) in [6.07, 6.45) is 0. The van der Waals surface area contributed by atoms with E-state index in [2.05, 4.69) is 15.4 Å². The van der Waals surface area contributed by atoms with Gasteiger partial charge in [0.15, 0.2) is 0 Å². The number of aromatic nitrogens is 3. The van der Waals surface area contributed by atoms with Crippen LogP contribution >= 0.6 is 11.6 Å². The van der Waals surface area contributed by atoms with Gasteiger partial charge in [-0.3, -0.25) is 0 Å². The summed E-state index contributed by atoms with van der Waals surface area (Å²) in [6.45, 7) is 4.58. The van der Waals surface area contributed by atoms with E-state index in [0.717, 1.165) is 29.4 Å². The molecule has 0 amide bonds. The van der Waals surface area contributed by atoms with E-state index in [4.69, 9.17) is 11.6 Å². The van der Waals surface area contributed by atoms with Gasteiger partial charge in [0.05, 0.1) is 10.7 Å². The summed E-state index contributed by atoms with van der Waals surface area (Å²) in [7, 11) is 1.91. The van der Waals surface area contributed by atoms with E-state index in [1.807, 2.05) is 39.1 Å². The van der Waals surface area contributed by atoms with Crippen molar-refractivity contribution in [3.63, 3.8) is 0 Å². The van der Waals surface area contributed by atoms with E-state index >= 15 is 0 Å². The first-order valence-electron chi connectivity index (χ1n) is 5.45. The number of rotatable bonds is 3. The Bertz CT molecular complexity index is 533. The fourth-order valence-electron chi connectivity index (χ4n) is 1.79. The third kappa shape index (κ3) is 2.48. The van der Waals surface area contributed by atoms with Crippen LogP contribution in [0.15, 0.2) is 18.2 Å². The zero-order valence-corrected chi connectivity index (χ0v) is 10.9. The third-order valence-corrected chi connectivity index (χ3v) is 2.80. The highest BCUT2D eigenvalue weighted by molar-refractivity contribution is 6.32. The van der Waals surface area contributed by atoms with Gasteiger partial charge in [-0.2, -0.15) is 5.10 Å². The lowest BCUT2D eigenvalue weighted by Gasteiger charge is -2.07. The summed E-state index contributed by atoms with van der Waals surface area (Å²) in [5.74, 6) is 1.59. The Labute approximate surface area is 106 Å². The van der Waals surface area contributed by atoms with Crippen molar-refractivity contribution in [1.82, 2.24) is 20.1 Å². The van der Waals surface area contributed by atoms with Crippen molar-refractivity contribution in [2.24, 2.45) is 0 Å². The molecule has 0 bridgehead atoms. The predicted octanol–water partition coefficient (Wildman–Crippen LogP) is 2.26. The van der Waals surface area contributed by atoms with E-state index in [9.17, 15) is 0 Å². The van der Waals surface area contributed by atoms with Crippen LogP contribution in [-0.2, 0) is 6.54 Å². The average Bonchev–Trinajstić information content (AvgIpc) is 2.58. The number of nitrogens with one attached hydrogen (secondary N) is 1. The zero-order chi connectivity index (χ0) is 12.4. The van der Waals surface area contributed by atoms with Crippen LogP contribution in [0.1, 0.15) is 17.2 Å². The van der Waals surface area contributed by atoms with Gasteiger partial charge >= 0.3 is 0 Å². The first-order chi connectivity index (χ1) is 8.11. The van der Waals surface area contributed by atoms with Crippen LogP contribution in [0.25, 0.3) is 5.69 Å². The highest BCUT2D eigenvalue weighted by Crippen LogP contribution is 2.22. The maximum Gasteiger partial charge on any atom is 0.148 e. The topological polar surface area (TPSA) is 42.7 Å². The molecule has 0 fully saturated rings. The van der Waals surface area contributed by atoms with Crippen molar-refractivity contribution < 1.29 is 0 Å². The molecule has 0 aliphatic carbocycles. The van der Waals surface area contributed by atoms with Crippen LogP contribution in [-0.4, -0.2) is 21.8 Å². The molecule has 0 aliphatic heterocycles. The van der Waals surface area contributed by atoms with E-state index in [1.165, 1.54) is 0 Å². The van der Waals surface area contributed by atoms with E-state index in [-0.39, 0.29) is 0 Å². The molecule has 0 atom stereocenters. The summed E-state index contributed by atoms with van der Waals surface area (Å²) < 4.78 is 1.76. The summed E-state index contributed by atoms with van der Waals surface area (Å²) in [6, 6.07) is 5.95. The lowest BCUT2D eigenvalue weighted by Crippen LogP contribution is -2.06. The highest BCUT2D eigenvalue weighted by atomic mass is 35.5. The van der Waals surface area contributed by atoms with Gasteiger partial charge in [0.25, 0.3) is 0 Å². The molecule has 5 heteroatoms. The maximum atomic E-state index is 6.26. The molecule has 2 rings (SSSR count). The fourth-order valence-corrected chi connectivity index (χ4v) is 2.07. The zero-order valence-electron chi connectivity index (χ0n) is 10.2. The molecule has 1 aromatic heterocycles. The van der Waals surface area contributed by atoms with Crippen molar-refractivity contribution in [3.05, 3.63) is 40.4 Å². The summed E-state index contributed by atoms with van der Waals surface area (Å²) in [4.78, 5) is 4.27. The molecule has 0 unspecified atom stereocenters. The van der Waals surface area contributed by atoms with E-state index in [1.54, 1.807) is 4.68 Å². The minimum atomic E-state index is 0.686. The highest BCUT2D eigenvalue weighted by Gasteiger charge is 2.09. The third-order valence-electron chi connectivity index (χ3n) is 2.50. The lowest BCUT2D eigenvalue weighted by atomic mass is 10.2. The standard InChI is InChI=1S/C12H15ClN4/c1-8-15-9(2)17(16-8)12-5-4-10(7-14-3)6-11(12)13/h4-6,14H,7H2,1-3H3. The van der Waals surface area contributed by atoms with Gasteiger partial charge in [0.2, 0.25) is 0 Å². The summed E-state index contributed by atoms with van der Waals surface area (Å²) in [5, 5.41) is 8.10. The fraction of sp³-hybridized carbons (Fsp3) is 0.333. The van der Waals surface area contributed by atoms with Crippen molar-refractivity contribution in [2.75, 3.05) is 7.05 Å². The second-order valence-electron chi connectivity index (χ2n) is 3.93. The Morgan fingerprint density at radius 2 is 2.12 bits per heavy atom. The monoisotopic (exact) mass is 250 g/mol. The molecular formula is C12H15ClN4. The molecule has 0 spiro atoms. The molecule has 0 saturated heterocycles. The number of nitrogens with zero attached hydrogens (tertiary/aromatic N) is 3. The number of aryl methyl sites for hydroxylation is 2. The van der Waals surface area contributed by atoms with Crippen LogP contribution in [0.3, 0.4) is 0 Å². The molecule has 1 heterocycles. The van der Waals surface area contributed by atoms with Crippen LogP contribution in [0.4, 0.5) is 0 Å². The minimum Gasteiger partial charge on any atom is -0.316 e. The van der Waals surface area contributed by atoms with Crippen LogP contribution < -0.4 is 5.32 Å². The smallest absolute Gasteiger partial charge is 0.148 e. The number of benzene rings is 1. The van der Waals surface area contributed by atoms with E-state index < -0.39 is 0 Å². The summed E-state index contributed by atoms with van der Waals surface area (Å²) >= 11 is 6.26. The first kappa shape index (κ1) is 12.1. The quantitative estimate of drug-likeness (QED) is 0.909. The molecule has 0 saturated carbocycles. The Morgan fingerprint density at radius 1 is 1.35 bits per heavy atom. The van der Waals surface area contributed by atoms with Crippen molar-refractivity contribution in [1.29, 1.82) is 0 Å². The molecule has 90 valence electrons. The Kier molecular flexibility index (Phi) is 3.45. The molecule has 0 aliphatic rings. The Balaban J connectivity index is 2.43. The molecule has 4 nitrogen and oxygen atoms in total. The second kappa shape index (κ2) is 4.85. The lowest BCUT2D eigenvalue weighted by molar-refractivity contribution is 0.809. The average molecular weight is 251 g/mol. The van der Waals surface area contributed by atoms with Crippen LogP contribution in [0, 0.1) is 13.8 Å². The SMILES string of the molecule is CNCc1ccc(-n2nc(C)nc2C)c(Cl)c1. The maximum absolute atomic E-state index is 6.26. The molecule has 0 radical (unpaired) electrons. The Hall–Kier alpha value is -1.39. The van der Waals surface area contributed by atoms with Gasteiger partial charge in [-0.25, -0.2) is 9.67 Å². The van der Waals surface area contributed by atoms with Gasteiger partial charge in [0.1, 0.15) is 11.6 Å². The van der Waals surface area contributed by atoms with Gasteiger partial charge in [-0.05, 0) is 38.6 Å². The molecule has 1 aromatic carbocycles. The van der Waals surface area contributed by atoms with Gasteiger partial charge in [0, 0.05) is 6.54 Å². The van der Waals surface area contributed by atoms with Crippen LogP contribution in [0.5, 0.6) is 0 Å². The number of halogens is 1. The predicted molar refractivity (Wildman–Crippen MR) is 68.6 cm³/mol. The summed E-state index contributed by atoms with van der Waals surface area (Å²) in [5.41, 5.74) is 2.01. The largest absolute Gasteiger partial charge is 0.316 e. The van der Waals surface area contributed by atoms with Crippen molar-refractivity contribution in [3.8, 4) is 5.69 Å². The normalized spacial score (nSPS) is 10.8. The van der Waals surface area contributed by atoms with Crippen molar-refractivity contribution >= 4 is 11.6 Å². The second-order valence-corrected chi connectivity index (χ2v) is 4.34. The van der Waals surface area contributed by atoms with Gasteiger partial charge < -0.3 is 5.32 Å². The van der Waals surface area contributed by atoms with E-state index in [0.29, 0.717) is 5.02 Å². The number of hydrogen-bond donors (Lipinski definition) is 1. The molecule has 2 aromatic rings. The molecule has 17 heavy (non-hydrogen) atoms. The molecular weight excluding hydrogens is 236 g/mol. The first-order valence-corrected chi connectivity index (χ1v) is 5.83. The molecule has 1 N–H and O–H groups in total. The van der Waals surface area contributed by atoms with Gasteiger partial charge in [-0.15, -0.1) is 0 Å². The Morgan fingerprint density at radius 3 is 2.65 bits per heavy atom. The number of hydrogen-bond acceptors (Lipinski definition) is 3. The van der Waals surface area contributed by atoms with Crippen molar-refractivity contribution in [2.45, 2.75) is 20.4 Å². The van der Waals surface area contributed by atoms with Crippen LogP contribution in [0.2, 0.25) is 5.02 Å².